The lowest BCUT2D eigenvalue weighted by Gasteiger charge is -2.13. The maximum Gasteiger partial charge on any atom is 0.191 e. The number of nitrogens with zero attached hydrogens (tertiary/aromatic N) is 1. The molecule has 0 heterocycles. The fourth-order valence-electron chi connectivity index (χ4n) is 2.47. The molecule has 0 fully saturated rings. The minimum absolute atomic E-state index is 0.0385. The summed E-state index contributed by atoms with van der Waals surface area (Å²) in [6, 6.07) is 13.5. The van der Waals surface area contributed by atoms with E-state index in [1.54, 1.807) is 18.9 Å². The van der Waals surface area contributed by atoms with Gasteiger partial charge in [0, 0.05) is 28.8 Å². The van der Waals surface area contributed by atoms with Crippen LogP contribution in [0, 0.1) is 0 Å². The summed E-state index contributed by atoms with van der Waals surface area (Å²) < 4.78 is 10.8. The predicted octanol–water partition coefficient (Wildman–Crippen LogP) is 3.57. The molecule has 0 aliphatic rings. The van der Waals surface area contributed by atoms with Crippen molar-refractivity contribution in [2.75, 3.05) is 39.2 Å². The molecule has 0 aromatic heterocycles. The summed E-state index contributed by atoms with van der Waals surface area (Å²) in [5.74, 6) is 2.92. The van der Waals surface area contributed by atoms with E-state index in [0.717, 1.165) is 35.4 Å². The van der Waals surface area contributed by atoms with Gasteiger partial charge in [-0.25, -0.2) is 4.99 Å². The van der Waals surface area contributed by atoms with Crippen molar-refractivity contribution in [3.63, 3.8) is 0 Å². The van der Waals surface area contributed by atoms with Gasteiger partial charge in [-0.05, 0) is 48.9 Å². The molecule has 6 nitrogen and oxygen atoms in total. The van der Waals surface area contributed by atoms with Crippen molar-refractivity contribution in [2.24, 2.45) is 4.99 Å². The summed E-state index contributed by atoms with van der Waals surface area (Å²) in [4.78, 5) is 5.83. The maximum absolute atomic E-state index is 8.90. The van der Waals surface area contributed by atoms with Gasteiger partial charge in [0.05, 0.1) is 20.3 Å². The fraction of sp³-hybridized carbons (Fsp3) is 0.381. The summed E-state index contributed by atoms with van der Waals surface area (Å²) in [5, 5.41) is 16.3. The van der Waals surface area contributed by atoms with E-state index in [-0.39, 0.29) is 13.2 Å². The van der Waals surface area contributed by atoms with Crippen LogP contribution in [-0.2, 0) is 6.54 Å². The van der Waals surface area contributed by atoms with E-state index < -0.39 is 0 Å². The molecule has 0 saturated carbocycles. The molecule has 8 heteroatoms. The van der Waals surface area contributed by atoms with Crippen LogP contribution in [0.2, 0.25) is 5.02 Å². The molecule has 158 valence electrons. The molecule has 0 unspecified atom stereocenters. The van der Waals surface area contributed by atoms with Gasteiger partial charge in [0.1, 0.15) is 6.61 Å². The first-order valence-electron chi connectivity index (χ1n) is 9.47. The van der Waals surface area contributed by atoms with Gasteiger partial charge in [0.15, 0.2) is 17.5 Å². The van der Waals surface area contributed by atoms with Gasteiger partial charge in [0.25, 0.3) is 0 Å². The minimum Gasteiger partial charge on any atom is -0.493 e. The molecule has 0 amide bonds. The van der Waals surface area contributed by atoms with Crippen LogP contribution >= 0.6 is 23.4 Å². The first-order valence-corrected chi connectivity index (χ1v) is 10.8. The highest BCUT2D eigenvalue weighted by Crippen LogP contribution is 2.28. The lowest BCUT2D eigenvalue weighted by atomic mass is 10.2. The average Bonchev–Trinajstić information content (AvgIpc) is 2.74. The Morgan fingerprint density at radius 1 is 1.14 bits per heavy atom. The van der Waals surface area contributed by atoms with Crippen molar-refractivity contribution in [3.05, 3.63) is 53.1 Å². The second kappa shape index (κ2) is 13.2. The number of aliphatic hydroxyl groups is 1. The summed E-state index contributed by atoms with van der Waals surface area (Å²) in [7, 11) is 1.60. The van der Waals surface area contributed by atoms with E-state index in [2.05, 4.69) is 15.6 Å². The van der Waals surface area contributed by atoms with Gasteiger partial charge >= 0.3 is 0 Å². The molecule has 0 aliphatic heterocycles. The zero-order chi connectivity index (χ0) is 20.9. The van der Waals surface area contributed by atoms with E-state index in [1.807, 2.05) is 49.4 Å². The lowest BCUT2D eigenvalue weighted by molar-refractivity contribution is 0.196. The Balaban J connectivity index is 1.88. The zero-order valence-electron chi connectivity index (χ0n) is 16.8. The third-order valence-corrected chi connectivity index (χ3v) is 5.08. The average molecular weight is 438 g/mol. The smallest absolute Gasteiger partial charge is 0.191 e. The number of aliphatic hydroxyl groups excluding tert-OH is 1. The first-order chi connectivity index (χ1) is 14.2. The summed E-state index contributed by atoms with van der Waals surface area (Å²) in [5.41, 5.74) is 1.01. The molecule has 29 heavy (non-hydrogen) atoms. The molecular weight excluding hydrogens is 410 g/mol. The lowest BCUT2D eigenvalue weighted by Crippen LogP contribution is -2.38. The highest BCUT2D eigenvalue weighted by molar-refractivity contribution is 7.99. The van der Waals surface area contributed by atoms with Crippen LogP contribution in [0.25, 0.3) is 0 Å². The van der Waals surface area contributed by atoms with Gasteiger partial charge < -0.3 is 25.2 Å². The number of hydrogen-bond acceptors (Lipinski definition) is 5. The summed E-state index contributed by atoms with van der Waals surface area (Å²) in [6.45, 7) is 4.32. The number of halogens is 1. The van der Waals surface area contributed by atoms with Crippen molar-refractivity contribution >= 4 is 29.3 Å². The highest BCUT2D eigenvalue weighted by Gasteiger charge is 2.06. The van der Waals surface area contributed by atoms with Crippen LogP contribution in [0.3, 0.4) is 0 Å². The van der Waals surface area contributed by atoms with E-state index >= 15 is 0 Å². The number of guanidine groups is 1. The third kappa shape index (κ3) is 8.43. The van der Waals surface area contributed by atoms with E-state index in [0.29, 0.717) is 18.0 Å². The van der Waals surface area contributed by atoms with Crippen molar-refractivity contribution in [3.8, 4) is 11.5 Å². The van der Waals surface area contributed by atoms with Gasteiger partial charge in [-0.2, -0.15) is 0 Å². The van der Waals surface area contributed by atoms with Crippen LogP contribution in [0.4, 0.5) is 0 Å². The molecule has 0 radical (unpaired) electrons. The highest BCUT2D eigenvalue weighted by atomic mass is 35.5. The number of hydrogen-bond donors (Lipinski definition) is 3. The molecule has 2 aromatic rings. The fourth-order valence-corrected chi connectivity index (χ4v) is 3.36. The summed E-state index contributed by atoms with van der Waals surface area (Å²) in [6.07, 6.45) is 0. The molecule has 3 N–H and O–H groups in total. The number of aliphatic imine (C=N–C) groups is 1. The van der Waals surface area contributed by atoms with E-state index in [9.17, 15) is 0 Å². The Morgan fingerprint density at radius 3 is 2.62 bits per heavy atom. The summed E-state index contributed by atoms with van der Waals surface area (Å²) >= 11 is 7.68. The monoisotopic (exact) mass is 437 g/mol. The number of ether oxygens (including phenoxy) is 2. The second-order valence-electron chi connectivity index (χ2n) is 5.98. The topological polar surface area (TPSA) is 75.1 Å². The Morgan fingerprint density at radius 2 is 1.93 bits per heavy atom. The number of methoxy groups -OCH3 is 1. The van der Waals surface area contributed by atoms with Crippen LogP contribution in [0.15, 0.2) is 52.4 Å². The van der Waals surface area contributed by atoms with Crippen LogP contribution in [0.1, 0.15) is 12.5 Å². The number of benzene rings is 2. The van der Waals surface area contributed by atoms with Crippen molar-refractivity contribution in [1.82, 2.24) is 10.6 Å². The van der Waals surface area contributed by atoms with E-state index in [1.165, 1.54) is 4.90 Å². The predicted molar refractivity (Wildman–Crippen MR) is 121 cm³/mol. The second-order valence-corrected chi connectivity index (χ2v) is 7.59. The van der Waals surface area contributed by atoms with Gasteiger partial charge in [-0.3, -0.25) is 0 Å². The zero-order valence-corrected chi connectivity index (χ0v) is 18.4. The number of thioether (sulfide) groups is 1. The van der Waals surface area contributed by atoms with Crippen molar-refractivity contribution in [1.29, 1.82) is 0 Å². The third-order valence-electron chi connectivity index (χ3n) is 3.82. The maximum atomic E-state index is 8.90. The quantitative estimate of drug-likeness (QED) is 0.216. The number of nitrogens with one attached hydrogen (secondary N) is 2. The molecular formula is C21H28ClN3O3S. The molecule has 0 atom stereocenters. The van der Waals surface area contributed by atoms with Gasteiger partial charge in [-0.15, -0.1) is 11.8 Å². The van der Waals surface area contributed by atoms with Crippen LogP contribution in [-0.4, -0.2) is 50.2 Å². The van der Waals surface area contributed by atoms with Gasteiger partial charge in [0.2, 0.25) is 0 Å². The van der Waals surface area contributed by atoms with Crippen LogP contribution < -0.4 is 20.1 Å². The van der Waals surface area contributed by atoms with Crippen molar-refractivity contribution in [2.45, 2.75) is 18.4 Å². The Bertz CT molecular complexity index is 772. The molecule has 0 bridgehead atoms. The van der Waals surface area contributed by atoms with Gasteiger partial charge in [-0.1, -0.05) is 17.7 Å². The largest absolute Gasteiger partial charge is 0.493 e. The normalized spacial score (nSPS) is 11.2. The Hall–Kier alpha value is -2.09. The molecule has 0 spiro atoms. The Kier molecular flexibility index (Phi) is 10.5. The molecule has 2 rings (SSSR count). The SMILES string of the molecule is CCNC(=NCc1ccc(OCCO)c(OC)c1)NCCSc1ccc(Cl)cc1. The molecule has 0 aliphatic carbocycles. The number of rotatable bonds is 11. The molecule has 2 aromatic carbocycles. The first kappa shape index (κ1) is 23.2. The molecule has 0 saturated heterocycles. The van der Waals surface area contributed by atoms with Crippen LogP contribution in [0.5, 0.6) is 11.5 Å². The standard InChI is InChI=1S/C21H28ClN3O3S/c1-3-23-21(24-10-13-29-18-7-5-17(22)6-8-18)25-15-16-4-9-19(28-12-11-26)20(14-16)27-2/h4-9,14,26H,3,10-13,15H2,1-2H3,(H2,23,24,25). The minimum atomic E-state index is -0.0385. The van der Waals surface area contributed by atoms with Crippen molar-refractivity contribution < 1.29 is 14.6 Å². The van der Waals surface area contributed by atoms with E-state index in [4.69, 9.17) is 26.2 Å². The Labute approximate surface area is 181 Å².